The first-order valence-electron chi connectivity index (χ1n) is 4.75. The van der Waals surface area contributed by atoms with Gasteiger partial charge in [-0.1, -0.05) is 0 Å². The zero-order chi connectivity index (χ0) is 12.7. The molecule has 1 aromatic rings. The van der Waals surface area contributed by atoms with Crippen LogP contribution in [0.3, 0.4) is 0 Å². The molecule has 0 radical (unpaired) electrons. The third-order valence-electron chi connectivity index (χ3n) is 2.43. The molecule has 1 rings (SSSR count). The van der Waals surface area contributed by atoms with Crippen molar-refractivity contribution < 1.29 is 18.7 Å². The van der Waals surface area contributed by atoms with Crippen LogP contribution in [0.4, 0.5) is 8.78 Å². The van der Waals surface area contributed by atoms with Crippen LogP contribution in [0.1, 0.15) is 38.0 Å². The first kappa shape index (κ1) is 12.6. The highest BCUT2D eigenvalue weighted by atomic mass is 19.3. The van der Waals surface area contributed by atoms with Crippen molar-refractivity contribution in [2.45, 2.75) is 39.0 Å². The minimum Gasteiger partial charge on any atom is -0.481 e. The summed E-state index contributed by atoms with van der Waals surface area (Å²) in [6, 6.07) is 0. The number of aromatic amines is 1. The van der Waals surface area contributed by atoms with E-state index in [4.69, 9.17) is 5.11 Å². The van der Waals surface area contributed by atoms with Crippen molar-refractivity contribution >= 4 is 5.97 Å². The fraction of sp³-hybridized carbons (Fsp3) is 0.600. The molecule has 0 aliphatic carbocycles. The van der Waals surface area contributed by atoms with Gasteiger partial charge < -0.3 is 10.1 Å². The average molecular weight is 232 g/mol. The fourth-order valence-electron chi connectivity index (χ4n) is 1.29. The molecule has 0 saturated heterocycles. The van der Waals surface area contributed by atoms with Gasteiger partial charge in [0.15, 0.2) is 0 Å². The Morgan fingerprint density at radius 2 is 1.88 bits per heavy atom. The largest absolute Gasteiger partial charge is 0.481 e. The molecule has 1 aromatic heterocycles. The molecule has 1 heterocycles. The van der Waals surface area contributed by atoms with E-state index in [9.17, 15) is 13.6 Å². The first-order chi connectivity index (χ1) is 7.06. The van der Waals surface area contributed by atoms with Crippen LogP contribution in [0.5, 0.6) is 0 Å². The molecule has 6 heteroatoms. The van der Waals surface area contributed by atoms with Crippen molar-refractivity contribution in [3.05, 3.63) is 17.2 Å². The number of carbonyl (C=O) groups is 1. The van der Waals surface area contributed by atoms with Gasteiger partial charge in [0.25, 0.3) is 5.92 Å². The number of aromatic nitrogens is 2. The molecule has 0 atom stereocenters. The predicted molar refractivity (Wildman–Crippen MR) is 53.6 cm³/mol. The summed E-state index contributed by atoms with van der Waals surface area (Å²) < 4.78 is 26.2. The van der Waals surface area contributed by atoms with Crippen molar-refractivity contribution in [1.29, 1.82) is 0 Å². The van der Waals surface area contributed by atoms with E-state index in [1.165, 1.54) is 20.8 Å². The predicted octanol–water partition coefficient (Wildman–Crippen LogP) is 2.19. The van der Waals surface area contributed by atoms with E-state index in [-0.39, 0.29) is 11.5 Å². The van der Waals surface area contributed by atoms with E-state index in [0.29, 0.717) is 0 Å². The van der Waals surface area contributed by atoms with Gasteiger partial charge in [-0.15, -0.1) is 0 Å². The minimum absolute atomic E-state index is 0.0361. The number of hydrogen-bond donors (Lipinski definition) is 2. The van der Waals surface area contributed by atoms with Crippen LogP contribution in [0.15, 0.2) is 0 Å². The molecule has 0 amide bonds. The molecular formula is C10H14F2N2O2. The molecule has 0 fully saturated rings. The molecule has 0 spiro atoms. The van der Waals surface area contributed by atoms with Gasteiger partial charge in [0.1, 0.15) is 16.9 Å². The van der Waals surface area contributed by atoms with Crippen molar-refractivity contribution in [1.82, 2.24) is 9.97 Å². The van der Waals surface area contributed by atoms with E-state index < -0.39 is 23.0 Å². The molecule has 90 valence electrons. The first-order valence-corrected chi connectivity index (χ1v) is 4.75. The van der Waals surface area contributed by atoms with Gasteiger partial charge in [0.2, 0.25) is 0 Å². The lowest BCUT2D eigenvalue weighted by atomic mass is 9.93. The lowest BCUT2D eigenvalue weighted by Gasteiger charge is -2.15. The Hall–Kier alpha value is -1.46. The summed E-state index contributed by atoms with van der Waals surface area (Å²) in [5.74, 6) is -4.16. The monoisotopic (exact) mass is 232 g/mol. The minimum atomic E-state index is -3.08. The molecule has 0 aliphatic rings. The summed E-state index contributed by atoms with van der Waals surface area (Å²) in [6.07, 6.45) is 0. The number of H-pyrrole nitrogens is 1. The molecule has 0 aromatic carbocycles. The van der Waals surface area contributed by atoms with Crippen molar-refractivity contribution in [3.8, 4) is 0 Å². The maximum Gasteiger partial charge on any atom is 0.316 e. The van der Waals surface area contributed by atoms with Gasteiger partial charge in [0.05, 0.1) is 0 Å². The summed E-state index contributed by atoms with van der Waals surface area (Å²) in [4.78, 5) is 17.2. The smallest absolute Gasteiger partial charge is 0.316 e. The van der Waals surface area contributed by atoms with E-state index >= 15 is 0 Å². The highest BCUT2D eigenvalue weighted by Crippen LogP contribution is 2.30. The van der Waals surface area contributed by atoms with Crippen LogP contribution in [0.25, 0.3) is 0 Å². The van der Waals surface area contributed by atoms with E-state index in [2.05, 4.69) is 9.97 Å². The number of aliphatic carboxylic acids is 1. The van der Waals surface area contributed by atoms with Gasteiger partial charge in [-0.05, 0) is 20.8 Å². The average Bonchev–Trinajstić information content (AvgIpc) is 2.46. The molecule has 2 N–H and O–H groups in total. The lowest BCUT2D eigenvalue weighted by Crippen LogP contribution is -2.30. The van der Waals surface area contributed by atoms with Crippen molar-refractivity contribution in [2.24, 2.45) is 0 Å². The topological polar surface area (TPSA) is 66.0 Å². The van der Waals surface area contributed by atoms with Crippen molar-refractivity contribution in [3.63, 3.8) is 0 Å². The molecule has 0 aliphatic heterocycles. The molecule has 0 saturated carbocycles. The van der Waals surface area contributed by atoms with Gasteiger partial charge in [0, 0.05) is 12.6 Å². The maximum absolute atomic E-state index is 13.1. The van der Waals surface area contributed by atoms with Crippen LogP contribution < -0.4 is 0 Å². The number of aryl methyl sites for hydroxylation is 1. The Bertz CT molecular complexity index is 419. The van der Waals surface area contributed by atoms with Gasteiger partial charge in [-0.3, -0.25) is 4.79 Å². The van der Waals surface area contributed by atoms with E-state index in [1.807, 2.05) is 0 Å². The zero-order valence-corrected chi connectivity index (χ0v) is 9.56. The third-order valence-corrected chi connectivity index (χ3v) is 2.43. The summed E-state index contributed by atoms with van der Waals surface area (Å²) in [5, 5.41) is 8.95. The van der Waals surface area contributed by atoms with Crippen LogP contribution in [-0.4, -0.2) is 21.0 Å². The van der Waals surface area contributed by atoms with E-state index in [1.54, 1.807) is 0 Å². The second kappa shape index (κ2) is 3.54. The number of nitrogens with one attached hydrogen (secondary N) is 1. The fourth-order valence-corrected chi connectivity index (χ4v) is 1.29. The van der Waals surface area contributed by atoms with E-state index in [0.717, 1.165) is 6.92 Å². The second-order valence-corrected chi connectivity index (χ2v) is 4.38. The number of carboxylic acid groups (broad SMARTS) is 1. The Labute approximate surface area is 91.7 Å². The third kappa shape index (κ3) is 2.05. The SMILES string of the molecule is Cc1[nH]c(C(C)(C)C(=O)O)nc1C(C)(F)F. The van der Waals surface area contributed by atoms with Crippen LogP contribution >= 0.6 is 0 Å². The quantitative estimate of drug-likeness (QED) is 0.839. The summed E-state index contributed by atoms with van der Waals surface area (Å²) in [6.45, 7) is 4.99. The number of alkyl halides is 2. The normalized spacial score (nSPS) is 12.9. The highest BCUT2D eigenvalue weighted by Gasteiger charge is 2.37. The molecule has 4 nitrogen and oxygen atoms in total. The Kier molecular flexibility index (Phi) is 2.79. The van der Waals surface area contributed by atoms with Gasteiger partial charge in [-0.2, -0.15) is 8.78 Å². The molecule has 0 unspecified atom stereocenters. The van der Waals surface area contributed by atoms with Gasteiger partial charge >= 0.3 is 5.97 Å². The standard InChI is InChI=1S/C10H14F2N2O2/c1-5-6(10(4,11)12)14-7(13-5)9(2,3)8(15)16/h1-4H3,(H,13,14)(H,15,16). The lowest BCUT2D eigenvalue weighted by molar-refractivity contribution is -0.142. The van der Waals surface area contributed by atoms with Crippen LogP contribution in [0, 0.1) is 6.92 Å². The number of rotatable bonds is 3. The molecule has 0 bridgehead atoms. The molecule has 16 heavy (non-hydrogen) atoms. The van der Waals surface area contributed by atoms with Gasteiger partial charge in [-0.25, -0.2) is 4.98 Å². The number of hydrogen-bond acceptors (Lipinski definition) is 2. The zero-order valence-electron chi connectivity index (χ0n) is 9.56. The van der Waals surface area contributed by atoms with Crippen LogP contribution in [-0.2, 0) is 16.1 Å². The Morgan fingerprint density at radius 1 is 1.38 bits per heavy atom. The van der Waals surface area contributed by atoms with Crippen LogP contribution in [0.2, 0.25) is 0 Å². The number of imidazole rings is 1. The number of nitrogens with zero attached hydrogens (tertiary/aromatic N) is 1. The maximum atomic E-state index is 13.1. The Morgan fingerprint density at radius 3 is 2.19 bits per heavy atom. The number of carboxylic acids is 1. The second-order valence-electron chi connectivity index (χ2n) is 4.38. The molecular weight excluding hydrogens is 218 g/mol. The number of halogens is 2. The summed E-state index contributed by atoms with van der Waals surface area (Å²) >= 11 is 0. The Balaban J connectivity index is 3.26. The van der Waals surface area contributed by atoms with Crippen molar-refractivity contribution in [2.75, 3.05) is 0 Å². The highest BCUT2D eigenvalue weighted by molar-refractivity contribution is 5.79. The summed E-state index contributed by atoms with van der Waals surface area (Å²) in [7, 11) is 0. The summed E-state index contributed by atoms with van der Waals surface area (Å²) in [5.41, 5.74) is -1.53.